The molecule has 0 saturated carbocycles. The van der Waals surface area contributed by atoms with Crippen molar-refractivity contribution < 1.29 is 24.3 Å². The van der Waals surface area contributed by atoms with Crippen LogP contribution in [0.15, 0.2) is 0 Å². The molecule has 0 aliphatic carbocycles. The molecule has 108 valence electrons. The van der Waals surface area contributed by atoms with E-state index in [1.807, 2.05) is 0 Å². The van der Waals surface area contributed by atoms with Crippen LogP contribution in [0.4, 0.5) is 0 Å². The lowest BCUT2D eigenvalue weighted by Crippen LogP contribution is -2.54. The van der Waals surface area contributed by atoms with E-state index >= 15 is 0 Å². The minimum atomic E-state index is -1.25. The average molecular weight is 274 g/mol. The van der Waals surface area contributed by atoms with Crippen molar-refractivity contribution in [2.45, 2.75) is 38.4 Å². The first-order valence-electron chi connectivity index (χ1n) is 5.52. The molecule has 0 radical (unpaired) electrons. The van der Waals surface area contributed by atoms with Crippen LogP contribution in [-0.4, -0.2) is 46.9 Å². The van der Waals surface area contributed by atoms with E-state index in [-0.39, 0.29) is 0 Å². The van der Waals surface area contributed by atoms with E-state index in [4.69, 9.17) is 16.6 Å². The average Bonchev–Trinajstić information content (AvgIpc) is 2.26. The maximum atomic E-state index is 11.7. The summed E-state index contributed by atoms with van der Waals surface area (Å²) in [4.78, 5) is 44.5. The molecule has 0 aromatic rings. The Balaban J connectivity index is 4.74. The van der Waals surface area contributed by atoms with Crippen molar-refractivity contribution in [3.63, 3.8) is 0 Å². The lowest BCUT2D eigenvalue weighted by atomic mass is 10.1. The van der Waals surface area contributed by atoms with Gasteiger partial charge in [-0.15, -0.1) is 0 Å². The molecule has 3 amide bonds. The van der Waals surface area contributed by atoms with Gasteiger partial charge in [0.05, 0.1) is 12.5 Å². The van der Waals surface area contributed by atoms with Crippen LogP contribution in [0.5, 0.6) is 0 Å². The number of amides is 3. The van der Waals surface area contributed by atoms with Gasteiger partial charge in [-0.2, -0.15) is 0 Å². The van der Waals surface area contributed by atoms with Gasteiger partial charge in [-0.3, -0.25) is 19.2 Å². The van der Waals surface area contributed by atoms with Gasteiger partial charge >= 0.3 is 5.97 Å². The first-order valence-corrected chi connectivity index (χ1v) is 5.52. The third-order valence-corrected chi connectivity index (χ3v) is 2.18. The van der Waals surface area contributed by atoms with Crippen molar-refractivity contribution in [2.24, 2.45) is 11.5 Å². The molecule has 0 saturated heterocycles. The summed E-state index contributed by atoms with van der Waals surface area (Å²) in [6, 6.07) is -3.28. The Bertz CT molecular complexity index is 382. The Morgan fingerprint density at radius 1 is 1.11 bits per heavy atom. The largest absolute Gasteiger partial charge is 0.480 e. The lowest BCUT2D eigenvalue weighted by molar-refractivity contribution is -0.141. The van der Waals surface area contributed by atoms with E-state index in [9.17, 15) is 19.2 Å². The number of nitrogens with two attached hydrogens (primary N) is 2. The number of rotatable bonds is 7. The minimum absolute atomic E-state index is 0.448. The SMILES string of the molecule is C[C@H](N)C(=O)N[C@H](CC(N)=O)C(=O)N[C@@H](C)C(=O)O. The highest BCUT2D eigenvalue weighted by atomic mass is 16.4. The molecule has 0 aromatic heterocycles. The van der Waals surface area contributed by atoms with Crippen molar-refractivity contribution in [3.05, 3.63) is 0 Å². The molecule has 0 bridgehead atoms. The smallest absolute Gasteiger partial charge is 0.325 e. The first kappa shape index (κ1) is 16.8. The normalized spacial score (nSPS) is 14.9. The monoisotopic (exact) mass is 274 g/mol. The zero-order chi connectivity index (χ0) is 15.2. The second kappa shape index (κ2) is 7.31. The quantitative estimate of drug-likeness (QED) is 0.338. The van der Waals surface area contributed by atoms with Gasteiger partial charge in [0.2, 0.25) is 17.7 Å². The fraction of sp³-hybridized carbons (Fsp3) is 0.600. The molecule has 0 aliphatic heterocycles. The van der Waals surface area contributed by atoms with Crippen LogP contribution in [0.25, 0.3) is 0 Å². The van der Waals surface area contributed by atoms with E-state index < -0.39 is 48.2 Å². The molecule has 3 atom stereocenters. The molecule has 9 heteroatoms. The minimum Gasteiger partial charge on any atom is -0.480 e. The summed E-state index contributed by atoms with van der Waals surface area (Å²) >= 11 is 0. The predicted molar refractivity (Wildman–Crippen MR) is 64.6 cm³/mol. The van der Waals surface area contributed by atoms with Crippen LogP contribution >= 0.6 is 0 Å². The zero-order valence-electron chi connectivity index (χ0n) is 10.7. The maximum Gasteiger partial charge on any atom is 0.325 e. The number of nitrogens with one attached hydrogen (secondary N) is 2. The Hall–Kier alpha value is -2.16. The summed E-state index contributed by atoms with van der Waals surface area (Å²) in [5.74, 6) is -3.52. The van der Waals surface area contributed by atoms with Crippen LogP contribution in [0.2, 0.25) is 0 Å². The second-order valence-electron chi connectivity index (χ2n) is 4.09. The van der Waals surface area contributed by atoms with Gasteiger partial charge in [0.25, 0.3) is 0 Å². The van der Waals surface area contributed by atoms with Crippen LogP contribution in [0.1, 0.15) is 20.3 Å². The van der Waals surface area contributed by atoms with E-state index in [0.717, 1.165) is 0 Å². The van der Waals surface area contributed by atoms with Crippen molar-refractivity contribution >= 4 is 23.7 Å². The van der Waals surface area contributed by atoms with Gasteiger partial charge in [0.15, 0.2) is 0 Å². The number of carboxylic acids is 1. The standard InChI is InChI=1S/C10H18N4O5/c1-4(11)8(16)14-6(3-7(12)15)9(17)13-5(2)10(18)19/h4-6H,3,11H2,1-2H3,(H2,12,15)(H,13,17)(H,14,16)(H,18,19)/t4-,5-,6+/m0/s1. The first-order chi connectivity index (χ1) is 8.65. The van der Waals surface area contributed by atoms with Gasteiger partial charge in [-0.25, -0.2) is 0 Å². The Labute approximate surface area is 109 Å². The summed E-state index contributed by atoms with van der Waals surface area (Å²) in [5.41, 5.74) is 10.3. The van der Waals surface area contributed by atoms with Gasteiger partial charge in [-0.05, 0) is 13.8 Å². The van der Waals surface area contributed by atoms with Crippen LogP contribution in [0, 0.1) is 0 Å². The summed E-state index contributed by atoms with van der Waals surface area (Å²) in [7, 11) is 0. The molecule has 0 aromatic carbocycles. The predicted octanol–water partition coefficient (Wildman–Crippen LogP) is -2.72. The summed E-state index contributed by atoms with van der Waals surface area (Å²) in [6.07, 6.45) is -0.448. The molecular formula is C10H18N4O5. The topological polar surface area (TPSA) is 165 Å². The molecule has 0 spiro atoms. The fourth-order valence-electron chi connectivity index (χ4n) is 1.09. The third-order valence-electron chi connectivity index (χ3n) is 2.18. The highest BCUT2D eigenvalue weighted by molar-refractivity contribution is 5.94. The molecule has 9 nitrogen and oxygen atoms in total. The van der Waals surface area contributed by atoms with Crippen LogP contribution in [-0.2, 0) is 19.2 Å². The Kier molecular flexibility index (Phi) is 6.48. The number of carboxylic acid groups (broad SMARTS) is 1. The van der Waals surface area contributed by atoms with E-state index in [0.29, 0.717) is 0 Å². The van der Waals surface area contributed by atoms with Gasteiger partial charge in [-0.1, -0.05) is 0 Å². The molecule has 0 rings (SSSR count). The molecular weight excluding hydrogens is 256 g/mol. The van der Waals surface area contributed by atoms with E-state index in [2.05, 4.69) is 10.6 Å². The summed E-state index contributed by atoms with van der Waals surface area (Å²) in [5, 5.41) is 13.0. The maximum absolute atomic E-state index is 11.7. The fourth-order valence-corrected chi connectivity index (χ4v) is 1.09. The number of primary amides is 1. The van der Waals surface area contributed by atoms with Gasteiger partial charge in [0.1, 0.15) is 12.1 Å². The number of hydrogen-bond donors (Lipinski definition) is 5. The van der Waals surface area contributed by atoms with Crippen molar-refractivity contribution in [1.82, 2.24) is 10.6 Å². The molecule has 0 unspecified atom stereocenters. The highest BCUT2D eigenvalue weighted by Crippen LogP contribution is 1.95. The second-order valence-corrected chi connectivity index (χ2v) is 4.09. The zero-order valence-corrected chi connectivity index (χ0v) is 10.7. The number of aliphatic carboxylic acids is 1. The highest BCUT2D eigenvalue weighted by Gasteiger charge is 2.26. The number of carbonyl (C=O) groups is 4. The van der Waals surface area contributed by atoms with Gasteiger partial charge < -0.3 is 27.2 Å². The third kappa shape index (κ3) is 6.36. The Morgan fingerprint density at radius 3 is 2.00 bits per heavy atom. The van der Waals surface area contributed by atoms with Crippen molar-refractivity contribution in [3.8, 4) is 0 Å². The van der Waals surface area contributed by atoms with Crippen LogP contribution < -0.4 is 22.1 Å². The number of carbonyl (C=O) groups excluding carboxylic acids is 3. The molecule has 0 fully saturated rings. The van der Waals surface area contributed by atoms with E-state index in [1.54, 1.807) is 0 Å². The summed E-state index contributed by atoms with van der Waals surface area (Å²) < 4.78 is 0. The summed E-state index contributed by atoms with van der Waals surface area (Å²) in [6.45, 7) is 2.64. The van der Waals surface area contributed by atoms with Crippen LogP contribution in [0.3, 0.4) is 0 Å². The molecule has 0 heterocycles. The Morgan fingerprint density at radius 2 is 1.63 bits per heavy atom. The molecule has 19 heavy (non-hydrogen) atoms. The van der Waals surface area contributed by atoms with Crippen molar-refractivity contribution in [1.29, 1.82) is 0 Å². The number of hydrogen-bond acceptors (Lipinski definition) is 5. The molecule has 0 aliphatic rings. The van der Waals surface area contributed by atoms with Gasteiger partial charge in [0, 0.05) is 0 Å². The lowest BCUT2D eigenvalue weighted by Gasteiger charge is -2.19. The molecule has 7 N–H and O–H groups in total. The van der Waals surface area contributed by atoms with E-state index in [1.165, 1.54) is 13.8 Å². The van der Waals surface area contributed by atoms with Crippen molar-refractivity contribution in [2.75, 3.05) is 0 Å².